The van der Waals surface area contributed by atoms with Crippen LogP contribution in [0.5, 0.6) is 0 Å². The highest BCUT2D eigenvalue weighted by atomic mass is 16.2. The second-order valence-electron chi connectivity index (χ2n) is 11.7. The van der Waals surface area contributed by atoms with Gasteiger partial charge in [-0.1, -0.05) is 48.5 Å². The predicted molar refractivity (Wildman–Crippen MR) is 157 cm³/mol. The van der Waals surface area contributed by atoms with Crippen molar-refractivity contribution in [3.8, 4) is 0 Å². The van der Waals surface area contributed by atoms with Crippen molar-refractivity contribution in [3.63, 3.8) is 0 Å². The molecule has 6 nitrogen and oxygen atoms in total. The molecular formula is C35H34N4O2. The third-order valence-electron chi connectivity index (χ3n) is 9.01. The number of rotatable bonds is 7. The largest absolute Gasteiger partial charge is 0.290 e. The molecule has 0 bridgehead atoms. The average molecular weight is 543 g/mol. The van der Waals surface area contributed by atoms with Crippen LogP contribution in [0.4, 0.5) is 0 Å². The van der Waals surface area contributed by atoms with Gasteiger partial charge >= 0.3 is 0 Å². The van der Waals surface area contributed by atoms with E-state index in [0.717, 1.165) is 44.3 Å². The molecule has 0 saturated heterocycles. The molecule has 0 saturated carbocycles. The number of amides is 2. The lowest BCUT2D eigenvalue weighted by atomic mass is 9.85. The Morgan fingerprint density at radius 2 is 1.46 bits per heavy atom. The van der Waals surface area contributed by atoms with Gasteiger partial charge in [-0.25, -0.2) is 0 Å². The number of benzene rings is 2. The molecule has 41 heavy (non-hydrogen) atoms. The molecule has 2 aromatic heterocycles. The van der Waals surface area contributed by atoms with Gasteiger partial charge in [0.05, 0.1) is 29.4 Å². The van der Waals surface area contributed by atoms with Crippen LogP contribution in [0.2, 0.25) is 0 Å². The molecule has 6 heteroatoms. The summed E-state index contributed by atoms with van der Waals surface area (Å²) in [5.41, 5.74) is 8.43. The number of aryl methyl sites for hydroxylation is 2. The van der Waals surface area contributed by atoms with Gasteiger partial charge in [0.2, 0.25) is 0 Å². The maximum Gasteiger partial charge on any atom is 0.261 e. The number of fused-ring (bicyclic) bond motifs is 3. The first-order chi connectivity index (χ1) is 20.1. The average Bonchev–Trinajstić information content (AvgIpc) is 3.26. The van der Waals surface area contributed by atoms with Gasteiger partial charge in [-0.3, -0.25) is 29.4 Å². The van der Waals surface area contributed by atoms with Crippen molar-refractivity contribution in [2.45, 2.75) is 57.7 Å². The van der Waals surface area contributed by atoms with Crippen LogP contribution in [0.1, 0.15) is 79.7 Å². The molecule has 0 fully saturated rings. The Morgan fingerprint density at radius 1 is 0.756 bits per heavy atom. The fourth-order valence-corrected chi connectivity index (χ4v) is 6.90. The van der Waals surface area contributed by atoms with Crippen molar-refractivity contribution in [1.82, 2.24) is 19.8 Å². The molecule has 206 valence electrons. The number of hydrogen-bond acceptors (Lipinski definition) is 5. The minimum atomic E-state index is -0.215. The summed E-state index contributed by atoms with van der Waals surface area (Å²) in [5.74, 6) is 0.125. The number of hydrogen-bond donors (Lipinski definition) is 0. The molecular weight excluding hydrogens is 508 g/mol. The first kappa shape index (κ1) is 25.8. The molecule has 3 aliphatic rings. The Morgan fingerprint density at radius 3 is 2.24 bits per heavy atom. The summed E-state index contributed by atoms with van der Waals surface area (Å²) in [6.07, 6.45) is 10.5. The van der Waals surface area contributed by atoms with E-state index in [9.17, 15) is 9.59 Å². The summed E-state index contributed by atoms with van der Waals surface area (Å²) in [5, 5.41) is 0. The molecule has 2 atom stereocenters. The zero-order valence-electron chi connectivity index (χ0n) is 23.2. The van der Waals surface area contributed by atoms with E-state index in [1.165, 1.54) is 45.8 Å². The summed E-state index contributed by atoms with van der Waals surface area (Å²) in [6, 6.07) is 24.4. The minimum Gasteiger partial charge on any atom is -0.290 e. The number of pyridine rings is 2. The highest BCUT2D eigenvalue weighted by molar-refractivity contribution is 6.21. The number of carbonyl (C=O) groups is 2. The number of nitrogens with zero attached hydrogens (tertiary/aromatic N) is 4. The van der Waals surface area contributed by atoms with Crippen LogP contribution in [0.25, 0.3) is 0 Å². The van der Waals surface area contributed by atoms with Crippen LogP contribution < -0.4 is 0 Å². The van der Waals surface area contributed by atoms with Crippen molar-refractivity contribution in [2.24, 2.45) is 5.92 Å². The standard InChI is InChI=1S/C35H34N4O2/c40-34-29-9-1-2-10-30(29)35(41)39(34)23-25-14-12-24(13-15-25)21-38(32-11-3-6-28-8-5-19-37-33(28)32)22-26-16-17-27-7-4-18-36-31(27)20-26/h1-2,4-5,7-10,12-15,18-19,26,32H,3,6,11,16-17,20-23H2/t26?,32-/m0/s1. The first-order valence-corrected chi connectivity index (χ1v) is 14.8. The SMILES string of the molecule is O=C1c2ccccc2C(=O)N1Cc1ccc(CN(CC2CCc3cccnc3C2)[C@H]2CCCc3cccnc32)cc1. The van der Waals surface area contributed by atoms with Crippen molar-refractivity contribution in [1.29, 1.82) is 0 Å². The maximum absolute atomic E-state index is 12.9. The first-order valence-electron chi connectivity index (χ1n) is 14.8. The van der Waals surface area contributed by atoms with E-state index >= 15 is 0 Å². The molecule has 0 N–H and O–H groups in total. The summed E-state index contributed by atoms with van der Waals surface area (Å²) >= 11 is 0. The Balaban J connectivity index is 1.10. The zero-order valence-corrected chi connectivity index (χ0v) is 23.2. The van der Waals surface area contributed by atoms with Crippen LogP contribution in [-0.4, -0.2) is 38.1 Å². The van der Waals surface area contributed by atoms with Gasteiger partial charge in [0.1, 0.15) is 0 Å². The molecule has 4 aromatic rings. The van der Waals surface area contributed by atoms with E-state index in [-0.39, 0.29) is 18.4 Å². The lowest BCUT2D eigenvalue weighted by Crippen LogP contribution is -2.37. The predicted octanol–water partition coefficient (Wildman–Crippen LogP) is 5.96. The molecule has 1 aliphatic heterocycles. The van der Waals surface area contributed by atoms with Gasteiger partial charge in [0.25, 0.3) is 11.8 Å². The lowest BCUT2D eigenvalue weighted by Gasteiger charge is -2.38. The Kier molecular flexibility index (Phi) is 6.93. The minimum absolute atomic E-state index is 0.215. The molecule has 2 aliphatic carbocycles. The zero-order chi connectivity index (χ0) is 27.8. The molecule has 1 unspecified atom stereocenters. The van der Waals surface area contributed by atoms with Gasteiger partial charge in [-0.15, -0.1) is 0 Å². The van der Waals surface area contributed by atoms with Gasteiger partial charge in [-0.2, -0.15) is 0 Å². The summed E-state index contributed by atoms with van der Waals surface area (Å²) in [7, 11) is 0. The van der Waals surface area contributed by atoms with E-state index < -0.39 is 0 Å². The van der Waals surface area contributed by atoms with Crippen LogP contribution in [0.3, 0.4) is 0 Å². The van der Waals surface area contributed by atoms with E-state index in [2.05, 4.69) is 47.4 Å². The topological polar surface area (TPSA) is 66.4 Å². The Labute approximate surface area is 241 Å². The molecule has 0 radical (unpaired) electrons. The van der Waals surface area contributed by atoms with Crippen molar-refractivity contribution in [3.05, 3.63) is 130 Å². The van der Waals surface area contributed by atoms with Gasteiger partial charge < -0.3 is 0 Å². The Hall–Kier alpha value is -4.16. The third-order valence-corrected chi connectivity index (χ3v) is 9.01. The summed E-state index contributed by atoms with van der Waals surface area (Å²) < 4.78 is 0. The van der Waals surface area contributed by atoms with Crippen molar-refractivity contribution in [2.75, 3.05) is 6.54 Å². The van der Waals surface area contributed by atoms with E-state index in [1.54, 1.807) is 24.3 Å². The smallest absolute Gasteiger partial charge is 0.261 e. The van der Waals surface area contributed by atoms with Crippen LogP contribution in [-0.2, 0) is 32.4 Å². The van der Waals surface area contributed by atoms with Crippen molar-refractivity contribution >= 4 is 11.8 Å². The number of carbonyl (C=O) groups excluding carboxylic acids is 2. The van der Waals surface area contributed by atoms with E-state index in [0.29, 0.717) is 23.1 Å². The van der Waals surface area contributed by atoms with Crippen LogP contribution in [0, 0.1) is 5.92 Å². The number of aromatic nitrogens is 2. The summed E-state index contributed by atoms with van der Waals surface area (Å²) in [4.78, 5) is 39.3. The van der Waals surface area contributed by atoms with Gasteiger partial charge in [-0.05, 0) is 91.0 Å². The van der Waals surface area contributed by atoms with E-state index in [4.69, 9.17) is 9.97 Å². The second-order valence-corrected chi connectivity index (χ2v) is 11.7. The fraction of sp³-hybridized carbons (Fsp3) is 0.314. The molecule has 7 rings (SSSR count). The molecule has 2 aromatic carbocycles. The highest BCUT2D eigenvalue weighted by Gasteiger charge is 2.35. The molecule has 2 amide bonds. The normalized spacial score (nSPS) is 19.7. The van der Waals surface area contributed by atoms with Crippen molar-refractivity contribution < 1.29 is 9.59 Å². The fourth-order valence-electron chi connectivity index (χ4n) is 6.90. The number of imide groups is 1. The van der Waals surface area contributed by atoms with Gasteiger partial charge in [0.15, 0.2) is 0 Å². The lowest BCUT2D eigenvalue weighted by molar-refractivity contribution is 0.0642. The van der Waals surface area contributed by atoms with Gasteiger partial charge in [0, 0.05) is 31.2 Å². The third kappa shape index (κ3) is 5.08. The molecule has 0 spiro atoms. The summed E-state index contributed by atoms with van der Waals surface area (Å²) in [6.45, 7) is 2.12. The van der Waals surface area contributed by atoms with E-state index in [1.807, 2.05) is 18.5 Å². The molecule has 3 heterocycles. The second kappa shape index (κ2) is 11.0. The monoisotopic (exact) mass is 542 g/mol. The van der Waals surface area contributed by atoms with Crippen LogP contribution >= 0.6 is 0 Å². The Bertz CT molecular complexity index is 1560. The maximum atomic E-state index is 12.9. The quantitative estimate of drug-likeness (QED) is 0.270. The highest BCUT2D eigenvalue weighted by Crippen LogP contribution is 2.36. The van der Waals surface area contributed by atoms with Crippen LogP contribution in [0.15, 0.2) is 85.2 Å².